The second kappa shape index (κ2) is 10.2. The Morgan fingerprint density at radius 2 is 1.97 bits per heavy atom. The monoisotopic (exact) mass is 472 g/mol. The van der Waals surface area contributed by atoms with Gasteiger partial charge >= 0.3 is 0 Å². The zero-order valence-corrected chi connectivity index (χ0v) is 19.3. The lowest BCUT2D eigenvalue weighted by Crippen LogP contribution is -2.54. The highest BCUT2D eigenvalue weighted by Crippen LogP contribution is 2.23. The number of nitrogens with one attached hydrogen (secondary N) is 1. The number of aryl methyl sites for hydroxylation is 1. The average molecular weight is 473 g/mol. The average Bonchev–Trinajstić information content (AvgIpc) is 3.22. The number of piperidine rings is 1. The first-order valence-corrected chi connectivity index (χ1v) is 13.0. The lowest BCUT2D eigenvalue weighted by molar-refractivity contribution is -0.130. The van der Waals surface area contributed by atoms with Gasteiger partial charge in [0.1, 0.15) is 12.2 Å². The van der Waals surface area contributed by atoms with Crippen molar-refractivity contribution in [2.45, 2.75) is 50.5 Å². The SMILES string of the molecule is N#C[C@@H]1C[C@H](F)CN1C(=O)CNC1CCCCN1S(=O)(=O)CCc1cccc2ccccc12. The number of likely N-dealkylation sites (tertiary alicyclic amines) is 1. The molecule has 0 aromatic heterocycles. The molecule has 9 heteroatoms. The minimum absolute atomic E-state index is 0.0146. The molecule has 0 bridgehead atoms. The maximum Gasteiger partial charge on any atom is 0.237 e. The zero-order valence-electron chi connectivity index (χ0n) is 18.5. The van der Waals surface area contributed by atoms with E-state index in [2.05, 4.69) is 5.32 Å². The topological polar surface area (TPSA) is 93.5 Å². The summed E-state index contributed by atoms with van der Waals surface area (Å²) in [5.74, 6) is -0.389. The maximum atomic E-state index is 13.7. The lowest BCUT2D eigenvalue weighted by atomic mass is 10.0. The van der Waals surface area contributed by atoms with Gasteiger partial charge in [-0.25, -0.2) is 12.8 Å². The second-order valence-electron chi connectivity index (χ2n) is 8.73. The normalized spacial score (nSPS) is 24.1. The Hall–Kier alpha value is -2.54. The van der Waals surface area contributed by atoms with E-state index in [-0.39, 0.29) is 31.2 Å². The van der Waals surface area contributed by atoms with E-state index in [1.54, 1.807) is 0 Å². The Kier molecular flexibility index (Phi) is 7.27. The molecule has 2 aromatic rings. The van der Waals surface area contributed by atoms with Crippen LogP contribution >= 0.6 is 0 Å². The molecule has 4 rings (SSSR count). The largest absolute Gasteiger partial charge is 0.323 e. The molecule has 0 aliphatic carbocycles. The lowest BCUT2D eigenvalue weighted by Gasteiger charge is -2.35. The number of alkyl halides is 1. The van der Waals surface area contributed by atoms with Gasteiger partial charge in [-0.3, -0.25) is 10.1 Å². The summed E-state index contributed by atoms with van der Waals surface area (Å²) in [6.07, 6.45) is 0.990. The number of benzene rings is 2. The van der Waals surface area contributed by atoms with E-state index in [4.69, 9.17) is 5.26 Å². The molecule has 3 atom stereocenters. The van der Waals surface area contributed by atoms with Crippen molar-refractivity contribution < 1.29 is 17.6 Å². The van der Waals surface area contributed by atoms with Crippen LogP contribution in [0.25, 0.3) is 10.8 Å². The van der Waals surface area contributed by atoms with Crippen LogP contribution in [0.3, 0.4) is 0 Å². The van der Waals surface area contributed by atoms with Crippen LogP contribution in [0.1, 0.15) is 31.2 Å². The number of hydrogen-bond donors (Lipinski definition) is 1. The molecule has 7 nitrogen and oxygen atoms in total. The molecular weight excluding hydrogens is 443 g/mol. The molecule has 2 fully saturated rings. The molecule has 0 spiro atoms. The smallest absolute Gasteiger partial charge is 0.237 e. The third-order valence-electron chi connectivity index (χ3n) is 6.53. The van der Waals surface area contributed by atoms with Gasteiger partial charge in [-0.1, -0.05) is 42.5 Å². The quantitative estimate of drug-likeness (QED) is 0.669. The van der Waals surface area contributed by atoms with E-state index in [0.29, 0.717) is 19.4 Å². The predicted octanol–water partition coefficient (Wildman–Crippen LogP) is 2.58. The maximum absolute atomic E-state index is 13.7. The summed E-state index contributed by atoms with van der Waals surface area (Å²) in [4.78, 5) is 13.8. The number of carbonyl (C=O) groups is 1. The van der Waals surface area contributed by atoms with Crippen molar-refractivity contribution in [3.05, 3.63) is 48.0 Å². The van der Waals surface area contributed by atoms with Crippen molar-refractivity contribution in [3.63, 3.8) is 0 Å². The van der Waals surface area contributed by atoms with E-state index >= 15 is 0 Å². The van der Waals surface area contributed by atoms with Crippen LogP contribution in [-0.2, 0) is 21.2 Å². The predicted molar refractivity (Wildman–Crippen MR) is 124 cm³/mol. The van der Waals surface area contributed by atoms with Crippen molar-refractivity contribution in [3.8, 4) is 6.07 Å². The number of nitriles is 1. The van der Waals surface area contributed by atoms with Gasteiger partial charge in [0, 0.05) is 13.0 Å². The first-order valence-electron chi connectivity index (χ1n) is 11.4. The first-order chi connectivity index (χ1) is 15.9. The zero-order chi connectivity index (χ0) is 23.4. The fourth-order valence-corrected chi connectivity index (χ4v) is 6.49. The number of hydrogen-bond acceptors (Lipinski definition) is 5. The summed E-state index contributed by atoms with van der Waals surface area (Å²) >= 11 is 0. The molecule has 1 N–H and O–H groups in total. The number of nitrogens with zero attached hydrogens (tertiary/aromatic N) is 3. The summed E-state index contributed by atoms with van der Waals surface area (Å²) in [7, 11) is -3.56. The summed E-state index contributed by atoms with van der Waals surface area (Å²) in [6, 6.07) is 15.0. The molecule has 1 amide bonds. The van der Waals surface area contributed by atoms with Crippen molar-refractivity contribution >= 4 is 26.7 Å². The summed E-state index contributed by atoms with van der Waals surface area (Å²) in [6.45, 7) is 0.197. The van der Waals surface area contributed by atoms with Gasteiger partial charge in [0.2, 0.25) is 15.9 Å². The molecule has 2 aliphatic rings. The summed E-state index contributed by atoms with van der Waals surface area (Å²) in [5, 5.41) is 14.4. The number of halogens is 1. The van der Waals surface area contributed by atoms with Gasteiger partial charge in [0.15, 0.2) is 0 Å². The van der Waals surface area contributed by atoms with E-state index < -0.39 is 28.4 Å². The first kappa shape index (κ1) is 23.6. The third kappa shape index (κ3) is 5.35. The Morgan fingerprint density at radius 1 is 1.18 bits per heavy atom. The molecule has 33 heavy (non-hydrogen) atoms. The Labute approximate surface area is 194 Å². The van der Waals surface area contributed by atoms with Crippen molar-refractivity contribution in [2.24, 2.45) is 0 Å². The van der Waals surface area contributed by atoms with Crippen molar-refractivity contribution in [1.29, 1.82) is 5.26 Å². The van der Waals surface area contributed by atoms with Crippen LogP contribution in [0, 0.1) is 11.3 Å². The van der Waals surface area contributed by atoms with E-state index in [9.17, 15) is 17.6 Å². The molecule has 2 aromatic carbocycles. The van der Waals surface area contributed by atoms with Crippen LogP contribution in [-0.4, -0.2) is 67.3 Å². The Balaban J connectivity index is 1.40. The highest BCUT2D eigenvalue weighted by molar-refractivity contribution is 7.89. The number of sulfonamides is 1. The van der Waals surface area contributed by atoms with Crippen LogP contribution in [0.5, 0.6) is 0 Å². The standard InChI is InChI=1S/C24H29FN4O3S/c25-20-14-21(15-26)28(17-20)24(30)16-27-23-10-3-4-12-29(23)33(31,32)13-11-19-8-5-7-18-6-1-2-9-22(18)19/h1-2,5-9,20-21,23,27H,3-4,10-14,16-17H2/t20-,21-,23?/m0/s1. The van der Waals surface area contributed by atoms with Gasteiger partial charge < -0.3 is 4.90 Å². The van der Waals surface area contributed by atoms with E-state index in [1.807, 2.05) is 48.5 Å². The van der Waals surface area contributed by atoms with Crippen LogP contribution in [0.4, 0.5) is 4.39 Å². The molecule has 2 aliphatic heterocycles. The summed E-state index contributed by atoms with van der Waals surface area (Å²) in [5.41, 5.74) is 0.991. The van der Waals surface area contributed by atoms with Crippen LogP contribution in [0.2, 0.25) is 0 Å². The van der Waals surface area contributed by atoms with Crippen LogP contribution in [0.15, 0.2) is 42.5 Å². The third-order valence-corrected chi connectivity index (χ3v) is 8.40. The van der Waals surface area contributed by atoms with Gasteiger partial charge in [-0.15, -0.1) is 0 Å². The molecule has 0 saturated carbocycles. The van der Waals surface area contributed by atoms with Gasteiger partial charge in [0.25, 0.3) is 0 Å². The Bertz CT molecular complexity index is 1140. The Morgan fingerprint density at radius 3 is 2.79 bits per heavy atom. The molecular formula is C24H29FN4O3S. The summed E-state index contributed by atoms with van der Waals surface area (Å²) < 4.78 is 41.6. The van der Waals surface area contributed by atoms with Crippen molar-refractivity contribution in [1.82, 2.24) is 14.5 Å². The number of fused-ring (bicyclic) bond motifs is 1. The number of carbonyl (C=O) groups excluding carboxylic acids is 1. The number of amides is 1. The molecule has 176 valence electrons. The van der Waals surface area contributed by atoms with Gasteiger partial charge in [-0.05, 0) is 42.0 Å². The minimum Gasteiger partial charge on any atom is -0.323 e. The molecule has 0 radical (unpaired) electrons. The van der Waals surface area contributed by atoms with E-state index in [0.717, 1.165) is 29.2 Å². The van der Waals surface area contributed by atoms with Gasteiger partial charge in [0.05, 0.1) is 31.1 Å². The van der Waals surface area contributed by atoms with Gasteiger partial charge in [-0.2, -0.15) is 9.57 Å². The van der Waals surface area contributed by atoms with Crippen LogP contribution < -0.4 is 5.32 Å². The molecule has 2 saturated heterocycles. The highest BCUT2D eigenvalue weighted by Gasteiger charge is 2.37. The second-order valence-corrected chi connectivity index (χ2v) is 10.8. The molecule has 2 heterocycles. The fourth-order valence-electron chi connectivity index (χ4n) is 4.80. The van der Waals surface area contributed by atoms with Crippen molar-refractivity contribution in [2.75, 3.05) is 25.4 Å². The van der Waals surface area contributed by atoms with E-state index in [1.165, 1.54) is 9.21 Å². The molecule has 1 unspecified atom stereocenters. The fraction of sp³-hybridized carbons (Fsp3) is 0.500. The highest BCUT2D eigenvalue weighted by atomic mass is 32.2. The number of rotatable bonds is 7. The minimum atomic E-state index is -3.56.